The van der Waals surface area contributed by atoms with E-state index >= 15 is 0 Å². The number of aromatic nitrogens is 2. The molecule has 0 atom stereocenters. The molecule has 4 heterocycles. The van der Waals surface area contributed by atoms with Crippen LogP contribution in [0.3, 0.4) is 0 Å². The highest BCUT2D eigenvalue weighted by atomic mass is 32.1. The SMILES string of the molecule is COc1cc(/C=N\n2cnc3scc(-c4ccco4)c3c2=O)cc2c1OCO2. The number of fused-ring (bicyclic) bond motifs is 2. The van der Waals surface area contributed by atoms with Gasteiger partial charge < -0.3 is 18.6 Å². The fraction of sp³-hybridized carbons (Fsp3) is 0.105. The molecule has 0 aliphatic carbocycles. The molecule has 8 nitrogen and oxygen atoms in total. The lowest BCUT2D eigenvalue weighted by Crippen LogP contribution is -2.16. The third-order valence-electron chi connectivity index (χ3n) is 4.28. The Kier molecular flexibility index (Phi) is 3.87. The minimum absolute atomic E-state index is 0.139. The smallest absolute Gasteiger partial charge is 0.283 e. The summed E-state index contributed by atoms with van der Waals surface area (Å²) < 4.78 is 22.7. The molecule has 1 aliphatic rings. The number of rotatable bonds is 4. The molecule has 1 aliphatic heterocycles. The summed E-state index contributed by atoms with van der Waals surface area (Å²) in [5.41, 5.74) is 1.13. The Bertz CT molecular complexity index is 1260. The highest BCUT2D eigenvalue weighted by Crippen LogP contribution is 2.41. The number of thiophene rings is 1. The van der Waals surface area contributed by atoms with Gasteiger partial charge in [-0.25, -0.2) is 4.98 Å². The summed E-state index contributed by atoms with van der Waals surface area (Å²) in [4.78, 5) is 17.9. The molecular weight excluding hydrogens is 382 g/mol. The van der Waals surface area contributed by atoms with Crippen molar-refractivity contribution in [3.63, 3.8) is 0 Å². The lowest BCUT2D eigenvalue weighted by molar-refractivity contribution is 0.171. The predicted molar refractivity (Wildman–Crippen MR) is 104 cm³/mol. The van der Waals surface area contributed by atoms with Crippen molar-refractivity contribution in [1.29, 1.82) is 0 Å². The molecule has 0 spiro atoms. The highest BCUT2D eigenvalue weighted by molar-refractivity contribution is 7.17. The summed E-state index contributed by atoms with van der Waals surface area (Å²) in [6.45, 7) is 0.139. The van der Waals surface area contributed by atoms with Crippen LogP contribution in [0.15, 0.2) is 56.5 Å². The molecule has 5 rings (SSSR count). The van der Waals surface area contributed by atoms with E-state index in [0.29, 0.717) is 44.4 Å². The van der Waals surface area contributed by atoms with E-state index in [1.165, 1.54) is 22.3 Å². The predicted octanol–water partition coefficient (Wildman–Crippen LogP) is 3.34. The number of nitrogens with zero attached hydrogens (tertiary/aromatic N) is 3. The van der Waals surface area contributed by atoms with Crippen LogP contribution in [0.1, 0.15) is 5.56 Å². The van der Waals surface area contributed by atoms with Gasteiger partial charge in [-0.15, -0.1) is 11.3 Å². The number of benzene rings is 1. The molecule has 0 unspecified atom stereocenters. The molecule has 0 radical (unpaired) electrons. The Labute approximate surface area is 162 Å². The first-order chi connectivity index (χ1) is 13.7. The number of hydrogen-bond donors (Lipinski definition) is 0. The van der Waals surface area contributed by atoms with E-state index < -0.39 is 0 Å². The van der Waals surface area contributed by atoms with E-state index in [4.69, 9.17) is 18.6 Å². The number of furan rings is 1. The van der Waals surface area contributed by atoms with Gasteiger partial charge in [0, 0.05) is 16.5 Å². The maximum absolute atomic E-state index is 12.9. The molecule has 0 amide bonds. The third-order valence-corrected chi connectivity index (χ3v) is 5.16. The Morgan fingerprint density at radius 1 is 1.36 bits per heavy atom. The molecule has 0 fully saturated rings. The lowest BCUT2D eigenvalue weighted by Gasteiger charge is -2.05. The maximum atomic E-state index is 12.9. The zero-order valence-corrected chi connectivity index (χ0v) is 15.4. The maximum Gasteiger partial charge on any atom is 0.283 e. The van der Waals surface area contributed by atoms with Gasteiger partial charge in [0.05, 0.1) is 25.0 Å². The van der Waals surface area contributed by atoms with Crippen LogP contribution in [0, 0.1) is 0 Å². The molecule has 0 N–H and O–H groups in total. The minimum Gasteiger partial charge on any atom is -0.493 e. The van der Waals surface area contributed by atoms with E-state index in [0.717, 1.165) is 0 Å². The summed E-state index contributed by atoms with van der Waals surface area (Å²) in [7, 11) is 1.55. The van der Waals surface area contributed by atoms with Crippen LogP contribution in [0.5, 0.6) is 17.2 Å². The average molecular weight is 395 g/mol. The fourth-order valence-corrected chi connectivity index (χ4v) is 3.86. The van der Waals surface area contributed by atoms with Crippen LogP contribution in [0.2, 0.25) is 0 Å². The molecule has 1 aromatic carbocycles. The fourth-order valence-electron chi connectivity index (χ4n) is 2.97. The van der Waals surface area contributed by atoms with Gasteiger partial charge >= 0.3 is 0 Å². The van der Waals surface area contributed by atoms with Gasteiger partial charge in [0.15, 0.2) is 11.5 Å². The van der Waals surface area contributed by atoms with Gasteiger partial charge in [-0.2, -0.15) is 9.78 Å². The molecule has 0 saturated heterocycles. The number of hydrogen-bond acceptors (Lipinski definition) is 8. The topological polar surface area (TPSA) is 88.1 Å². The molecule has 28 heavy (non-hydrogen) atoms. The van der Waals surface area contributed by atoms with E-state index in [2.05, 4.69) is 10.1 Å². The van der Waals surface area contributed by atoms with Gasteiger partial charge in [-0.1, -0.05) is 0 Å². The van der Waals surface area contributed by atoms with Gasteiger partial charge in [-0.05, 0) is 24.3 Å². The summed E-state index contributed by atoms with van der Waals surface area (Å²) in [5.74, 6) is 2.28. The van der Waals surface area contributed by atoms with Crippen LogP contribution < -0.4 is 19.8 Å². The summed E-state index contributed by atoms with van der Waals surface area (Å²) in [6, 6.07) is 7.11. The normalized spacial score (nSPS) is 12.9. The molecule has 0 bridgehead atoms. The molecule has 9 heteroatoms. The van der Waals surface area contributed by atoms with Crippen molar-refractivity contribution < 1.29 is 18.6 Å². The van der Waals surface area contributed by atoms with Crippen molar-refractivity contribution in [3.8, 4) is 28.6 Å². The average Bonchev–Trinajstić information content (AvgIpc) is 3.45. The Hall–Kier alpha value is -3.59. The van der Waals surface area contributed by atoms with Crippen molar-refractivity contribution in [2.24, 2.45) is 5.10 Å². The first kappa shape index (κ1) is 16.6. The minimum atomic E-state index is -0.276. The van der Waals surface area contributed by atoms with Gasteiger partial charge in [0.1, 0.15) is 16.9 Å². The summed E-state index contributed by atoms with van der Waals surface area (Å²) in [5, 5.41) is 6.60. The Morgan fingerprint density at radius 2 is 2.29 bits per heavy atom. The van der Waals surface area contributed by atoms with Crippen LogP contribution in [-0.4, -0.2) is 29.8 Å². The zero-order chi connectivity index (χ0) is 19.1. The van der Waals surface area contributed by atoms with Crippen LogP contribution >= 0.6 is 11.3 Å². The van der Waals surface area contributed by atoms with Crippen molar-refractivity contribution in [2.45, 2.75) is 0 Å². The lowest BCUT2D eigenvalue weighted by atomic mass is 10.2. The Balaban J connectivity index is 1.57. The van der Waals surface area contributed by atoms with Crippen molar-refractivity contribution in [2.75, 3.05) is 13.9 Å². The zero-order valence-electron chi connectivity index (χ0n) is 14.6. The van der Waals surface area contributed by atoms with Crippen molar-refractivity contribution in [1.82, 2.24) is 9.66 Å². The van der Waals surface area contributed by atoms with E-state index in [1.807, 2.05) is 5.38 Å². The number of methoxy groups -OCH3 is 1. The molecular formula is C19H13N3O5S. The Morgan fingerprint density at radius 3 is 3.11 bits per heavy atom. The highest BCUT2D eigenvalue weighted by Gasteiger charge is 2.20. The van der Waals surface area contributed by atoms with Gasteiger partial charge in [0.25, 0.3) is 5.56 Å². The van der Waals surface area contributed by atoms with Crippen molar-refractivity contribution in [3.05, 3.63) is 58.2 Å². The molecule has 0 saturated carbocycles. The molecule has 3 aromatic heterocycles. The van der Waals surface area contributed by atoms with Crippen molar-refractivity contribution >= 4 is 27.8 Å². The monoisotopic (exact) mass is 395 g/mol. The summed E-state index contributed by atoms with van der Waals surface area (Å²) in [6.07, 6.45) is 4.50. The number of ether oxygens (including phenoxy) is 3. The largest absolute Gasteiger partial charge is 0.493 e. The molecule has 4 aromatic rings. The summed E-state index contributed by atoms with van der Waals surface area (Å²) >= 11 is 1.38. The molecule has 140 valence electrons. The van der Waals surface area contributed by atoms with E-state index in [1.54, 1.807) is 43.9 Å². The third kappa shape index (κ3) is 2.64. The van der Waals surface area contributed by atoms with Crippen LogP contribution in [0.4, 0.5) is 0 Å². The second-order valence-corrected chi connectivity index (χ2v) is 6.76. The second kappa shape index (κ2) is 6.54. The second-order valence-electron chi connectivity index (χ2n) is 5.90. The van der Waals surface area contributed by atoms with Crippen LogP contribution in [-0.2, 0) is 0 Å². The van der Waals surface area contributed by atoms with Gasteiger partial charge in [0.2, 0.25) is 12.5 Å². The van der Waals surface area contributed by atoms with E-state index in [-0.39, 0.29) is 12.4 Å². The van der Waals surface area contributed by atoms with E-state index in [9.17, 15) is 4.79 Å². The quantitative estimate of drug-likeness (QED) is 0.493. The first-order valence-electron chi connectivity index (χ1n) is 8.29. The standard InChI is InChI=1S/C19H13N3O5S/c1-24-14-5-11(6-15-17(14)27-10-26-15)7-21-22-9-20-18-16(19(22)23)12(8-28-18)13-3-2-4-25-13/h2-9H,10H2,1H3/b21-7-. The van der Waals surface area contributed by atoms with Crippen LogP contribution in [0.25, 0.3) is 21.5 Å². The van der Waals surface area contributed by atoms with Gasteiger partial charge in [-0.3, -0.25) is 4.79 Å². The first-order valence-corrected chi connectivity index (χ1v) is 9.17.